The fraction of sp³-hybridized carbons (Fsp3) is 0.211. The highest BCUT2D eigenvalue weighted by Crippen LogP contribution is 2.29. The Morgan fingerprint density at radius 2 is 1.89 bits per heavy atom. The maximum absolute atomic E-state index is 12.5. The van der Waals surface area contributed by atoms with Gasteiger partial charge in [-0.3, -0.25) is 4.79 Å². The van der Waals surface area contributed by atoms with Gasteiger partial charge in [0.25, 0.3) is 5.56 Å². The second-order valence-electron chi connectivity index (χ2n) is 5.99. The van der Waals surface area contributed by atoms with Gasteiger partial charge in [-0.15, -0.1) is 4.68 Å². The first-order chi connectivity index (χ1) is 12.9. The molecule has 2 aromatic carbocycles. The zero-order chi connectivity index (χ0) is 19.6. The summed E-state index contributed by atoms with van der Waals surface area (Å²) in [6, 6.07) is 10.7. The van der Waals surface area contributed by atoms with Gasteiger partial charge in [-0.25, -0.2) is 4.79 Å². The first-order valence-electron chi connectivity index (χ1n) is 8.34. The quantitative estimate of drug-likeness (QED) is 0.362. The number of fused-ring (bicyclic) bond motifs is 1. The van der Waals surface area contributed by atoms with Crippen LogP contribution in [0.5, 0.6) is 5.75 Å². The summed E-state index contributed by atoms with van der Waals surface area (Å²) in [7, 11) is 0. The molecule has 0 aliphatic heterocycles. The number of halogens is 2. The second-order valence-corrected chi connectivity index (χ2v) is 8.31. The van der Waals surface area contributed by atoms with E-state index in [-0.39, 0.29) is 6.10 Å². The lowest BCUT2D eigenvalue weighted by Gasteiger charge is -2.16. The Morgan fingerprint density at radius 3 is 2.56 bits per heavy atom. The summed E-state index contributed by atoms with van der Waals surface area (Å²) >= 11 is 4.43. The number of nitrogens with zero attached hydrogens (tertiary/aromatic N) is 2. The van der Waals surface area contributed by atoms with Crippen LogP contribution in [-0.4, -0.2) is 22.0 Å². The molecule has 0 saturated heterocycles. The molecule has 3 aromatic rings. The zero-order valence-corrected chi connectivity index (χ0v) is 19.0. The van der Waals surface area contributed by atoms with Gasteiger partial charge in [-0.2, -0.15) is 5.10 Å². The van der Waals surface area contributed by atoms with Crippen LogP contribution in [0.15, 0.2) is 51.1 Å². The summed E-state index contributed by atoms with van der Waals surface area (Å²) < 4.78 is 8.69. The third-order valence-corrected chi connectivity index (χ3v) is 5.62. The molecule has 1 N–H and O–H groups in total. The Labute approximate surface area is 182 Å². The van der Waals surface area contributed by atoms with Crippen molar-refractivity contribution < 1.29 is 4.74 Å². The van der Waals surface area contributed by atoms with Crippen LogP contribution < -0.4 is 16.0 Å². The number of hydrogen-bond acceptors (Lipinski definition) is 4. The largest absolute Gasteiger partial charge is 0.489 e. The second kappa shape index (κ2) is 8.55. The number of aromatic nitrogens is 2. The van der Waals surface area contributed by atoms with Gasteiger partial charge in [0.2, 0.25) is 0 Å². The molecule has 140 valence electrons. The fourth-order valence-corrected chi connectivity index (χ4v) is 4.50. The van der Waals surface area contributed by atoms with Crippen LogP contribution in [0.2, 0.25) is 0 Å². The third-order valence-electron chi connectivity index (χ3n) is 4.02. The van der Waals surface area contributed by atoms with Gasteiger partial charge in [0.15, 0.2) is 0 Å². The van der Waals surface area contributed by atoms with E-state index >= 15 is 0 Å². The number of aromatic amines is 1. The van der Waals surface area contributed by atoms with E-state index in [0.29, 0.717) is 10.9 Å². The molecule has 0 fully saturated rings. The van der Waals surface area contributed by atoms with Crippen LogP contribution in [0.1, 0.15) is 25.8 Å². The van der Waals surface area contributed by atoms with Crippen LogP contribution in [-0.2, 0) is 0 Å². The molecule has 0 spiro atoms. The highest BCUT2D eigenvalue weighted by molar-refractivity contribution is 14.1. The van der Waals surface area contributed by atoms with Crippen molar-refractivity contribution in [3.63, 3.8) is 0 Å². The highest BCUT2D eigenvalue weighted by Gasteiger charge is 2.11. The van der Waals surface area contributed by atoms with Crippen molar-refractivity contribution in [1.82, 2.24) is 9.66 Å². The van der Waals surface area contributed by atoms with E-state index in [4.69, 9.17) is 4.74 Å². The van der Waals surface area contributed by atoms with Crippen LogP contribution >= 0.6 is 45.2 Å². The number of H-pyrrole nitrogens is 1. The minimum atomic E-state index is -0.573. The maximum atomic E-state index is 12.5. The van der Waals surface area contributed by atoms with Crippen molar-refractivity contribution in [2.75, 3.05) is 0 Å². The van der Waals surface area contributed by atoms with Crippen LogP contribution in [0.4, 0.5) is 0 Å². The van der Waals surface area contributed by atoms with Crippen molar-refractivity contribution in [2.24, 2.45) is 5.10 Å². The normalized spacial score (nSPS) is 12.6. The molecule has 1 atom stereocenters. The lowest BCUT2D eigenvalue weighted by atomic mass is 10.2. The average molecular weight is 589 g/mol. The molecule has 27 heavy (non-hydrogen) atoms. The number of hydrogen-bond donors (Lipinski definition) is 1. The minimum absolute atomic E-state index is 0.126. The van der Waals surface area contributed by atoms with E-state index in [2.05, 4.69) is 62.2 Å². The summed E-state index contributed by atoms with van der Waals surface area (Å²) in [5.74, 6) is 0.836. The molecule has 0 amide bonds. The number of nitrogens with one attached hydrogen (secondary N) is 1. The van der Waals surface area contributed by atoms with E-state index in [1.165, 1.54) is 6.21 Å². The first kappa shape index (κ1) is 20.1. The molecule has 0 radical (unpaired) electrons. The first-order valence-corrected chi connectivity index (χ1v) is 10.5. The summed E-state index contributed by atoms with van der Waals surface area (Å²) in [6.45, 7) is 4.10. The van der Waals surface area contributed by atoms with Gasteiger partial charge in [0.05, 0.1) is 30.4 Å². The molecular weight excluding hydrogens is 572 g/mol. The SMILES string of the molecule is CC[C@@H](C)Oc1c(I)cc(C=Nn2c(=O)[nH]c3ccccc3c2=O)cc1I. The molecule has 1 aromatic heterocycles. The average Bonchev–Trinajstić information content (AvgIpc) is 2.64. The Balaban J connectivity index is 1.99. The van der Waals surface area contributed by atoms with Gasteiger partial charge in [0.1, 0.15) is 5.75 Å². The monoisotopic (exact) mass is 589 g/mol. The number of benzene rings is 2. The van der Waals surface area contributed by atoms with Crippen LogP contribution in [0, 0.1) is 7.14 Å². The van der Waals surface area contributed by atoms with Crippen molar-refractivity contribution in [1.29, 1.82) is 0 Å². The zero-order valence-electron chi connectivity index (χ0n) is 14.7. The fourth-order valence-electron chi connectivity index (χ4n) is 2.43. The Bertz CT molecular complexity index is 1110. The molecule has 3 rings (SSSR count). The van der Waals surface area contributed by atoms with E-state index in [9.17, 15) is 9.59 Å². The van der Waals surface area contributed by atoms with E-state index in [0.717, 1.165) is 29.6 Å². The van der Waals surface area contributed by atoms with E-state index in [1.807, 2.05) is 19.1 Å². The van der Waals surface area contributed by atoms with Gasteiger partial charge in [-0.05, 0) is 88.4 Å². The van der Waals surface area contributed by atoms with E-state index in [1.54, 1.807) is 24.3 Å². The topological polar surface area (TPSA) is 76.5 Å². The summed E-state index contributed by atoms with van der Waals surface area (Å²) in [5.41, 5.74) is 0.247. The standard InChI is InChI=1S/C19H17I2N3O3/c1-3-11(2)27-17-14(20)8-12(9-15(17)21)10-22-24-18(25)13-6-4-5-7-16(13)23-19(24)26/h4-11H,3H2,1-2H3,(H,23,26)/t11-/m1/s1. The van der Waals surface area contributed by atoms with Crippen molar-refractivity contribution >= 4 is 62.3 Å². The Hall–Kier alpha value is -1.69. The smallest absolute Gasteiger partial charge is 0.349 e. The molecule has 1 heterocycles. The minimum Gasteiger partial charge on any atom is -0.489 e. The molecule has 0 aliphatic carbocycles. The Kier molecular flexibility index (Phi) is 6.35. The molecule has 0 saturated carbocycles. The predicted octanol–water partition coefficient (Wildman–Crippen LogP) is 3.96. The van der Waals surface area contributed by atoms with Crippen LogP contribution in [0.3, 0.4) is 0 Å². The van der Waals surface area contributed by atoms with E-state index < -0.39 is 11.2 Å². The molecule has 0 aliphatic rings. The third kappa shape index (κ3) is 4.42. The lowest BCUT2D eigenvalue weighted by Crippen LogP contribution is -2.32. The molecule has 8 heteroatoms. The predicted molar refractivity (Wildman–Crippen MR) is 124 cm³/mol. The maximum Gasteiger partial charge on any atom is 0.349 e. The molecular formula is C19H17I2N3O3. The number of ether oxygens (including phenoxy) is 1. The highest BCUT2D eigenvalue weighted by atomic mass is 127. The molecule has 0 bridgehead atoms. The lowest BCUT2D eigenvalue weighted by molar-refractivity contribution is 0.214. The number of para-hydroxylation sites is 1. The van der Waals surface area contributed by atoms with Crippen molar-refractivity contribution in [3.8, 4) is 5.75 Å². The number of rotatable bonds is 5. The van der Waals surface area contributed by atoms with Gasteiger partial charge >= 0.3 is 5.69 Å². The summed E-state index contributed by atoms with van der Waals surface area (Å²) in [5, 5.41) is 4.52. The molecule has 6 nitrogen and oxygen atoms in total. The van der Waals surface area contributed by atoms with Crippen molar-refractivity contribution in [3.05, 3.63) is 69.9 Å². The van der Waals surface area contributed by atoms with Gasteiger partial charge in [-0.1, -0.05) is 19.1 Å². The summed E-state index contributed by atoms with van der Waals surface area (Å²) in [6.07, 6.45) is 2.55. The van der Waals surface area contributed by atoms with Gasteiger partial charge < -0.3 is 9.72 Å². The van der Waals surface area contributed by atoms with Crippen LogP contribution in [0.25, 0.3) is 10.9 Å². The Morgan fingerprint density at radius 1 is 1.22 bits per heavy atom. The molecule has 0 unspecified atom stereocenters. The van der Waals surface area contributed by atoms with Crippen molar-refractivity contribution in [2.45, 2.75) is 26.4 Å². The summed E-state index contributed by atoms with van der Waals surface area (Å²) in [4.78, 5) is 27.4. The van der Waals surface area contributed by atoms with Gasteiger partial charge in [0, 0.05) is 0 Å².